The summed E-state index contributed by atoms with van der Waals surface area (Å²) in [5.41, 5.74) is 3.13. The summed E-state index contributed by atoms with van der Waals surface area (Å²) in [6.07, 6.45) is 0.751. The van der Waals surface area contributed by atoms with Gasteiger partial charge in [0.05, 0.1) is 17.0 Å². The number of nitrogens with zero attached hydrogens (tertiary/aromatic N) is 1. The lowest BCUT2D eigenvalue weighted by Gasteiger charge is -2.24. The number of carbonyl (C=O) groups excluding carboxylic acids is 1. The molecule has 3 aromatic rings. The van der Waals surface area contributed by atoms with Gasteiger partial charge in [0.1, 0.15) is 11.3 Å². The summed E-state index contributed by atoms with van der Waals surface area (Å²) >= 11 is 0. The molecule has 0 saturated carbocycles. The molecule has 0 spiro atoms. The van der Waals surface area contributed by atoms with Crippen molar-refractivity contribution >= 4 is 16.9 Å². The topological polar surface area (TPSA) is 70.8 Å². The van der Waals surface area contributed by atoms with Crippen molar-refractivity contribution in [2.75, 3.05) is 6.54 Å². The van der Waals surface area contributed by atoms with Crippen LogP contribution in [-0.2, 0) is 0 Å². The van der Waals surface area contributed by atoms with Gasteiger partial charge in [-0.3, -0.25) is 9.59 Å². The molecule has 0 fully saturated rings. The first-order valence-electron chi connectivity index (χ1n) is 9.10. The van der Waals surface area contributed by atoms with Crippen molar-refractivity contribution < 1.29 is 14.3 Å². The molecule has 0 saturated heterocycles. The van der Waals surface area contributed by atoms with Crippen LogP contribution in [0.25, 0.3) is 11.0 Å². The van der Waals surface area contributed by atoms with Gasteiger partial charge in [-0.25, -0.2) is 0 Å². The second-order valence-corrected chi connectivity index (χ2v) is 7.13. The van der Waals surface area contributed by atoms with Gasteiger partial charge in [-0.15, -0.1) is 0 Å². The molecule has 0 unspecified atom stereocenters. The third-order valence-corrected chi connectivity index (χ3v) is 5.06. The summed E-state index contributed by atoms with van der Waals surface area (Å²) in [6.45, 7) is 6.29. The maximum absolute atomic E-state index is 13.4. The number of amides is 1. The fourth-order valence-corrected chi connectivity index (χ4v) is 4.03. The highest BCUT2D eigenvalue weighted by atomic mass is 16.3. The van der Waals surface area contributed by atoms with Crippen molar-refractivity contribution in [2.24, 2.45) is 0 Å². The molecule has 0 radical (unpaired) electrons. The van der Waals surface area contributed by atoms with Crippen LogP contribution in [0.3, 0.4) is 0 Å². The Balaban J connectivity index is 2.06. The first kappa shape index (κ1) is 17.3. The summed E-state index contributed by atoms with van der Waals surface area (Å²) in [5.74, 6) is -0.0699. The number of aromatic hydroxyl groups is 1. The molecule has 1 aliphatic rings. The maximum atomic E-state index is 13.4. The van der Waals surface area contributed by atoms with Crippen molar-refractivity contribution in [3.8, 4) is 5.75 Å². The molecule has 138 valence electrons. The number of rotatable bonds is 3. The number of hydrogen-bond acceptors (Lipinski definition) is 4. The van der Waals surface area contributed by atoms with Crippen LogP contribution in [0.2, 0.25) is 0 Å². The Labute approximate surface area is 156 Å². The smallest absolute Gasteiger partial charge is 0.290 e. The minimum atomic E-state index is -0.555. The molecular weight excluding hydrogens is 342 g/mol. The van der Waals surface area contributed by atoms with Crippen LogP contribution in [0.4, 0.5) is 0 Å². The van der Waals surface area contributed by atoms with Crippen molar-refractivity contribution in [3.63, 3.8) is 0 Å². The van der Waals surface area contributed by atoms with Crippen LogP contribution in [0.1, 0.15) is 52.2 Å². The predicted molar refractivity (Wildman–Crippen MR) is 103 cm³/mol. The molecule has 27 heavy (non-hydrogen) atoms. The zero-order valence-electron chi connectivity index (χ0n) is 15.6. The Morgan fingerprint density at radius 3 is 2.63 bits per heavy atom. The van der Waals surface area contributed by atoms with E-state index in [0.29, 0.717) is 28.6 Å². The van der Waals surface area contributed by atoms with Gasteiger partial charge in [0.15, 0.2) is 5.43 Å². The lowest BCUT2D eigenvalue weighted by molar-refractivity contribution is 0.0728. The van der Waals surface area contributed by atoms with Crippen LogP contribution in [0, 0.1) is 13.8 Å². The number of aryl methyl sites for hydroxylation is 2. The van der Waals surface area contributed by atoms with E-state index in [9.17, 15) is 14.7 Å². The van der Waals surface area contributed by atoms with Gasteiger partial charge in [0.25, 0.3) is 5.91 Å². The van der Waals surface area contributed by atoms with E-state index in [1.54, 1.807) is 29.2 Å². The minimum absolute atomic E-state index is 0.0989. The summed E-state index contributed by atoms with van der Waals surface area (Å²) in [7, 11) is 0. The van der Waals surface area contributed by atoms with Gasteiger partial charge in [-0.05, 0) is 55.2 Å². The number of fused-ring (bicyclic) bond motifs is 2. The van der Waals surface area contributed by atoms with Crippen LogP contribution in [0.5, 0.6) is 5.75 Å². The first-order chi connectivity index (χ1) is 12.9. The molecule has 1 aliphatic heterocycles. The van der Waals surface area contributed by atoms with E-state index < -0.39 is 6.04 Å². The minimum Gasteiger partial charge on any atom is -0.508 e. The number of hydrogen-bond donors (Lipinski definition) is 1. The molecule has 2 heterocycles. The second-order valence-electron chi connectivity index (χ2n) is 7.13. The molecule has 1 atom stereocenters. The lowest BCUT2D eigenvalue weighted by atomic mass is 9.96. The molecule has 0 bridgehead atoms. The molecule has 5 nitrogen and oxygen atoms in total. The molecule has 0 aliphatic carbocycles. The average Bonchev–Trinajstić information content (AvgIpc) is 2.88. The van der Waals surface area contributed by atoms with Crippen LogP contribution in [0.15, 0.2) is 45.6 Å². The third-order valence-electron chi connectivity index (χ3n) is 5.06. The first-order valence-corrected chi connectivity index (χ1v) is 9.10. The molecule has 1 aromatic heterocycles. The van der Waals surface area contributed by atoms with E-state index in [4.69, 9.17) is 4.42 Å². The Hall–Kier alpha value is -3.08. The van der Waals surface area contributed by atoms with Crippen LogP contribution in [-0.4, -0.2) is 22.5 Å². The van der Waals surface area contributed by atoms with E-state index in [1.165, 1.54) is 0 Å². The number of phenolic OH excluding ortho intramolecular Hbond substituents is 1. The van der Waals surface area contributed by atoms with E-state index in [-0.39, 0.29) is 22.8 Å². The molecular formula is C22H21NO4. The SMILES string of the molecule is CCCN1C(=O)c2oc3cc(C)cc(C)c3c(=O)c2[C@@H]1c1cccc(O)c1. The lowest BCUT2D eigenvalue weighted by Crippen LogP contribution is -2.30. The van der Waals surface area contributed by atoms with Crippen LogP contribution < -0.4 is 5.43 Å². The van der Waals surface area contributed by atoms with E-state index >= 15 is 0 Å². The Morgan fingerprint density at radius 2 is 1.93 bits per heavy atom. The largest absolute Gasteiger partial charge is 0.508 e. The van der Waals surface area contributed by atoms with E-state index in [1.807, 2.05) is 32.9 Å². The fourth-order valence-electron chi connectivity index (χ4n) is 4.03. The van der Waals surface area contributed by atoms with Crippen LogP contribution >= 0.6 is 0 Å². The second kappa shape index (κ2) is 6.27. The zero-order chi connectivity index (χ0) is 19.3. The van der Waals surface area contributed by atoms with Gasteiger partial charge >= 0.3 is 0 Å². The van der Waals surface area contributed by atoms with Crippen molar-refractivity contribution in [1.29, 1.82) is 0 Å². The standard InChI is InChI=1S/C22H21NO4/c1-4-8-23-19(14-6-5-7-15(24)11-14)18-20(25)17-13(3)9-12(2)10-16(17)27-21(18)22(23)26/h5-7,9-11,19,24H,4,8H2,1-3H3/t19-/m0/s1. The monoisotopic (exact) mass is 363 g/mol. The predicted octanol–water partition coefficient (Wildman–Crippen LogP) is 4.07. The summed E-state index contributed by atoms with van der Waals surface area (Å²) in [4.78, 5) is 28.1. The molecule has 2 aromatic carbocycles. The molecule has 5 heteroatoms. The Kier molecular flexibility index (Phi) is 4.02. The highest BCUT2D eigenvalue weighted by Crippen LogP contribution is 2.39. The van der Waals surface area contributed by atoms with E-state index in [2.05, 4.69) is 0 Å². The molecule has 1 amide bonds. The highest BCUT2D eigenvalue weighted by Gasteiger charge is 2.42. The Bertz CT molecular complexity index is 1130. The van der Waals surface area contributed by atoms with Gasteiger partial charge in [-0.2, -0.15) is 0 Å². The van der Waals surface area contributed by atoms with Crippen molar-refractivity contribution in [1.82, 2.24) is 4.90 Å². The summed E-state index contributed by atoms with van der Waals surface area (Å²) in [6, 6.07) is 9.89. The number of carbonyl (C=O) groups is 1. The van der Waals surface area contributed by atoms with E-state index in [0.717, 1.165) is 17.5 Å². The maximum Gasteiger partial charge on any atom is 0.290 e. The molecule has 4 rings (SSSR count). The van der Waals surface area contributed by atoms with Crippen molar-refractivity contribution in [3.05, 3.63) is 74.6 Å². The van der Waals surface area contributed by atoms with Gasteiger partial charge in [0, 0.05) is 6.54 Å². The molecule has 1 N–H and O–H groups in total. The van der Waals surface area contributed by atoms with Gasteiger partial charge in [0.2, 0.25) is 5.76 Å². The third kappa shape index (κ3) is 2.62. The average molecular weight is 363 g/mol. The Morgan fingerprint density at radius 1 is 1.15 bits per heavy atom. The normalized spacial score (nSPS) is 16.2. The summed E-state index contributed by atoms with van der Waals surface area (Å²) in [5, 5.41) is 10.4. The fraction of sp³-hybridized carbons (Fsp3) is 0.273. The number of phenols is 1. The van der Waals surface area contributed by atoms with Gasteiger partial charge < -0.3 is 14.4 Å². The number of benzene rings is 2. The highest BCUT2D eigenvalue weighted by molar-refractivity contribution is 5.99. The summed E-state index contributed by atoms with van der Waals surface area (Å²) < 4.78 is 5.96. The van der Waals surface area contributed by atoms with Gasteiger partial charge in [-0.1, -0.05) is 25.1 Å². The quantitative estimate of drug-likeness (QED) is 0.761. The zero-order valence-corrected chi connectivity index (χ0v) is 15.6. The van der Waals surface area contributed by atoms with Crippen molar-refractivity contribution in [2.45, 2.75) is 33.2 Å².